The van der Waals surface area contributed by atoms with Crippen LogP contribution in [0.2, 0.25) is 0 Å². The van der Waals surface area contributed by atoms with Crippen LogP contribution < -0.4 is 5.73 Å². The second-order valence-corrected chi connectivity index (χ2v) is 2.25. The van der Waals surface area contributed by atoms with Crippen molar-refractivity contribution in [2.75, 3.05) is 13.7 Å². The molecule has 0 radical (unpaired) electrons. The first-order valence-electron chi connectivity index (χ1n) is 3.54. The third-order valence-corrected chi connectivity index (χ3v) is 1.22. The van der Waals surface area contributed by atoms with Crippen molar-refractivity contribution in [3.8, 4) is 0 Å². The quantitative estimate of drug-likeness (QED) is 0.579. The van der Waals surface area contributed by atoms with E-state index in [0.717, 1.165) is 0 Å². The van der Waals surface area contributed by atoms with Crippen molar-refractivity contribution in [3.63, 3.8) is 0 Å². The van der Waals surface area contributed by atoms with Crippen LogP contribution in [0.15, 0.2) is 0 Å². The van der Waals surface area contributed by atoms with E-state index in [9.17, 15) is 9.59 Å². The molecule has 12 heavy (non-hydrogen) atoms. The molecule has 70 valence electrons. The van der Waals surface area contributed by atoms with Crippen LogP contribution in [0.1, 0.15) is 13.3 Å². The van der Waals surface area contributed by atoms with Crippen molar-refractivity contribution in [1.82, 2.24) is 0 Å². The molecule has 1 unspecified atom stereocenters. The monoisotopic (exact) mass is 175 g/mol. The van der Waals surface area contributed by atoms with Gasteiger partial charge in [0, 0.05) is 13.5 Å². The fourth-order valence-corrected chi connectivity index (χ4v) is 0.677. The molecule has 0 aliphatic rings. The van der Waals surface area contributed by atoms with Crippen LogP contribution in [0, 0.1) is 0 Å². The first kappa shape index (κ1) is 10.9. The molecule has 0 fully saturated rings. The van der Waals surface area contributed by atoms with E-state index in [1.807, 2.05) is 0 Å². The lowest BCUT2D eigenvalue weighted by atomic mass is 10.2. The van der Waals surface area contributed by atoms with E-state index < -0.39 is 18.0 Å². The highest BCUT2D eigenvalue weighted by molar-refractivity contribution is 5.71. The van der Waals surface area contributed by atoms with Crippen LogP contribution in [0.3, 0.4) is 0 Å². The summed E-state index contributed by atoms with van der Waals surface area (Å²) in [4.78, 5) is 21.1. The summed E-state index contributed by atoms with van der Waals surface area (Å²) in [7, 11) is 1.27. The Balaban J connectivity index is 3.82. The van der Waals surface area contributed by atoms with Crippen LogP contribution in [-0.4, -0.2) is 31.7 Å². The van der Waals surface area contributed by atoms with Gasteiger partial charge in [-0.2, -0.15) is 0 Å². The minimum atomic E-state index is -0.574. The number of esters is 2. The normalized spacial score (nSPS) is 11.9. The van der Waals surface area contributed by atoms with Gasteiger partial charge in [0.25, 0.3) is 0 Å². The summed E-state index contributed by atoms with van der Waals surface area (Å²) in [5, 5.41) is 0. The standard InChI is InChI=1S/C7H13NO4/c1-5(9)12-6(4-8)3-7(10)11-2/h6H,3-4,8H2,1-2H3. The fraction of sp³-hybridized carbons (Fsp3) is 0.714. The molecule has 0 heterocycles. The summed E-state index contributed by atoms with van der Waals surface area (Å²) in [5.41, 5.74) is 5.24. The molecule has 0 saturated heterocycles. The lowest BCUT2D eigenvalue weighted by molar-refractivity contribution is -0.151. The molecule has 0 bridgehead atoms. The molecule has 0 aromatic rings. The van der Waals surface area contributed by atoms with Crippen molar-refractivity contribution in [2.24, 2.45) is 5.73 Å². The largest absolute Gasteiger partial charge is 0.469 e. The molecule has 0 aromatic carbocycles. The van der Waals surface area contributed by atoms with Crippen molar-refractivity contribution in [3.05, 3.63) is 0 Å². The molecule has 2 N–H and O–H groups in total. The van der Waals surface area contributed by atoms with Crippen molar-refractivity contribution in [1.29, 1.82) is 0 Å². The van der Waals surface area contributed by atoms with Crippen molar-refractivity contribution in [2.45, 2.75) is 19.4 Å². The van der Waals surface area contributed by atoms with E-state index in [4.69, 9.17) is 10.5 Å². The van der Waals surface area contributed by atoms with Crippen LogP contribution in [0.4, 0.5) is 0 Å². The zero-order chi connectivity index (χ0) is 9.56. The Bertz CT molecular complexity index is 169. The number of hydrogen-bond donors (Lipinski definition) is 1. The molecule has 0 saturated carbocycles. The number of hydrogen-bond acceptors (Lipinski definition) is 5. The van der Waals surface area contributed by atoms with Gasteiger partial charge in [-0.1, -0.05) is 0 Å². The van der Waals surface area contributed by atoms with Gasteiger partial charge >= 0.3 is 11.9 Å². The molecule has 0 aliphatic carbocycles. The average Bonchev–Trinajstić information content (AvgIpc) is 2.02. The first-order valence-corrected chi connectivity index (χ1v) is 3.54. The maximum absolute atomic E-state index is 10.7. The topological polar surface area (TPSA) is 78.6 Å². The van der Waals surface area contributed by atoms with Gasteiger partial charge < -0.3 is 15.2 Å². The number of nitrogens with two attached hydrogens (primary N) is 1. The van der Waals surface area contributed by atoms with E-state index in [-0.39, 0.29) is 13.0 Å². The minimum Gasteiger partial charge on any atom is -0.469 e. The summed E-state index contributed by atoms with van der Waals surface area (Å²) >= 11 is 0. The molecule has 1 atom stereocenters. The van der Waals surface area contributed by atoms with E-state index >= 15 is 0 Å². The molecular weight excluding hydrogens is 162 g/mol. The highest BCUT2D eigenvalue weighted by Gasteiger charge is 2.14. The number of rotatable bonds is 4. The zero-order valence-electron chi connectivity index (χ0n) is 7.20. The molecule has 0 aromatic heterocycles. The average molecular weight is 175 g/mol. The van der Waals surface area contributed by atoms with Gasteiger partial charge in [-0.25, -0.2) is 0 Å². The smallest absolute Gasteiger partial charge is 0.309 e. The van der Waals surface area contributed by atoms with Crippen LogP contribution in [0.5, 0.6) is 0 Å². The molecule has 0 spiro atoms. The van der Waals surface area contributed by atoms with Gasteiger partial charge in [0.05, 0.1) is 13.5 Å². The summed E-state index contributed by atoms with van der Waals surface area (Å²) in [5.74, 6) is -0.888. The Morgan fingerprint density at radius 3 is 2.42 bits per heavy atom. The summed E-state index contributed by atoms with van der Waals surface area (Å²) < 4.78 is 9.09. The lowest BCUT2D eigenvalue weighted by Crippen LogP contribution is -2.28. The molecular formula is C7H13NO4. The van der Waals surface area contributed by atoms with Gasteiger partial charge in [-0.3, -0.25) is 9.59 Å². The first-order chi connectivity index (χ1) is 5.60. The minimum absolute atomic E-state index is 0.00653. The SMILES string of the molecule is COC(=O)CC(CN)OC(C)=O. The molecule has 0 rings (SSSR count). The van der Waals surface area contributed by atoms with E-state index in [1.165, 1.54) is 14.0 Å². The van der Waals surface area contributed by atoms with Crippen molar-refractivity contribution >= 4 is 11.9 Å². The van der Waals surface area contributed by atoms with E-state index in [0.29, 0.717) is 0 Å². The lowest BCUT2D eigenvalue weighted by Gasteiger charge is -2.12. The maximum atomic E-state index is 10.7. The van der Waals surface area contributed by atoms with Gasteiger partial charge in [0.15, 0.2) is 0 Å². The summed E-state index contributed by atoms with van der Waals surface area (Å²) in [6, 6.07) is 0. The van der Waals surface area contributed by atoms with Crippen LogP contribution >= 0.6 is 0 Å². The number of methoxy groups -OCH3 is 1. The Morgan fingerprint density at radius 1 is 1.50 bits per heavy atom. The Hall–Kier alpha value is -1.10. The number of carbonyl (C=O) groups is 2. The van der Waals surface area contributed by atoms with E-state index in [1.54, 1.807) is 0 Å². The van der Waals surface area contributed by atoms with Crippen molar-refractivity contribution < 1.29 is 19.1 Å². The predicted molar refractivity (Wildman–Crippen MR) is 41.2 cm³/mol. The van der Waals surface area contributed by atoms with Gasteiger partial charge in [0.1, 0.15) is 6.10 Å². The maximum Gasteiger partial charge on any atom is 0.309 e. The van der Waals surface area contributed by atoms with Gasteiger partial charge in [0.2, 0.25) is 0 Å². The fourth-order valence-electron chi connectivity index (χ4n) is 0.677. The predicted octanol–water partition coefficient (Wildman–Crippen LogP) is -0.560. The van der Waals surface area contributed by atoms with Gasteiger partial charge in [-0.05, 0) is 0 Å². The van der Waals surface area contributed by atoms with Gasteiger partial charge in [-0.15, -0.1) is 0 Å². The molecule has 5 heteroatoms. The third-order valence-electron chi connectivity index (χ3n) is 1.22. The number of ether oxygens (including phenoxy) is 2. The second-order valence-electron chi connectivity index (χ2n) is 2.25. The Labute approximate surface area is 70.8 Å². The molecule has 0 amide bonds. The Kier molecular flexibility index (Phi) is 5.03. The van der Waals surface area contributed by atoms with Crippen LogP contribution in [0.25, 0.3) is 0 Å². The highest BCUT2D eigenvalue weighted by atomic mass is 16.6. The third kappa shape index (κ3) is 4.68. The summed E-state index contributed by atoms with van der Waals surface area (Å²) in [6.45, 7) is 1.38. The molecule has 5 nitrogen and oxygen atoms in total. The van der Waals surface area contributed by atoms with Crippen LogP contribution in [-0.2, 0) is 19.1 Å². The highest BCUT2D eigenvalue weighted by Crippen LogP contribution is 1.98. The van der Waals surface area contributed by atoms with E-state index in [2.05, 4.69) is 4.74 Å². The zero-order valence-corrected chi connectivity index (χ0v) is 7.20. The molecule has 0 aliphatic heterocycles. The Morgan fingerprint density at radius 2 is 2.08 bits per heavy atom. The second kappa shape index (κ2) is 5.54. The number of carbonyl (C=O) groups excluding carboxylic acids is 2. The summed E-state index contributed by atoms with van der Waals surface area (Å²) in [6.07, 6.45) is -0.568.